The third-order valence-electron chi connectivity index (χ3n) is 6.12. The summed E-state index contributed by atoms with van der Waals surface area (Å²) in [6, 6.07) is 21.1. The zero-order chi connectivity index (χ0) is 24.2. The number of hydrogen-bond donors (Lipinski definition) is 0. The van der Waals surface area contributed by atoms with E-state index >= 15 is 0 Å². The Labute approximate surface area is 223 Å². The van der Waals surface area contributed by atoms with Crippen LogP contribution in [-0.2, 0) is 19.4 Å². The molecule has 0 radical (unpaired) electrons. The Hall–Kier alpha value is -2.89. The van der Waals surface area contributed by atoms with Crippen molar-refractivity contribution in [3.05, 3.63) is 85.3 Å². The van der Waals surface area contributed by atoms with Gasteiger partial charge in [-0.25, -0.2) is 4.99 Å². The summed E-state index contributed by atoms with van der Waals surface area (Å²) >= 11 is 3.95. The highest BCUT2D eigenvalue weighted by Gasteiger charge is 2.20. The lowest BCUT2D eigenvalue weighted by molar-refractivity contribution is 0.267. The molecule has 4 nitrogen and oxygen atoms in total. The molecular formula is C29H25IN2O2S. The van der Waals surface area contributed by atoms with Crippen LogP contribution >= 0.6 is 33.9 Å². The van der Waals surface area contributed by atoms with Crippen LogP contribution in [0, 0.1) is 14.9 Å². The lowest BCUT2D eigenvalue weighted by Crippen LogP contribution is -2.02. The Morgan fingerprint density at radius 3 is 2.71 bits per heavy atom. The highest BCUT2D eigenvalue weighted by molar-refractivity contribution is 14.1. The number of halogens is 1. The summed E-state index contributed by atoms with van der Waals surface area (Å²) in [4.78, 5) is 6.04. The van der Waals surface area contributed by atoms with Crippen LogP contribution in [0.5, 0.6) is 11.5 Å². The first-order valence-corrected chi connectivity index (χ1v) is 13.7. The van der Waals surface area contributed by atoms with Gasteiger partial charge in [-0.15, -0.1) is 11.3 Å². The summed E-state index contributed by atoms with van der Waals surface area (Å²) in [6.45, 7) is 2.97. The van der Waals surface area contributed by atoms with Crippen LogP contribution in [0.3, 0.4) is 0 Å². The van der Waals surface area contributed by atoms with Crippen LogP contribution in [0.4, 0.5) is 5.00 Å². The van der Waals surface area contributed by atoms with E-state index < -0.39 is 0 Å². The van der Waals surface area contributed by atoms with Gasteiger partial charge in [-0.2, -0.15) is 5.26 Å². The number of thiophene rings is 1. The van der Waals surface area contributed by atoms with E-state index in [0.717, 1.165) is 50.3 Å². The summed E-state index contributed by atoms with van der Waals surface area (Å²) in [7, 11) is 0. The van der Waals surface area contributed by atoms with Crippen LogP contribution < -0.4 is 9.47 Å². The number of ether oxygens (including phenoxy) is 2. The zero-order valence-corrected chi connectivity index (χ0v) is 22.5. The van der Waals surface area contributed by atoms with E-state index in [2.05, 4.69) is 59.0 Å². The first-order valence-electron chi connectivity index (χ1n) is 11.8. The molecule has 0 bridgehead atoms. The smallest absolute Gasteiger partial charge is 0.175 e. The third-order valence-corrected chi connectivity index (χ3v) is 8.13. The molecule has 1 heterocycles. The van der Waals surface area contributed by atoms with Crippen LogP contribution in [0.1, 0.15) is 46.9 Å². The van der Waals surface area contributed by atoms with Gasteiger partial charge in [-0.1, -0.05) is 36.4 Å². The molecule has 0 aliphatic heterocycles. The molecule has 4 aromatic rings. The molecule has 0 fully saturated rings. The molecule has 1 aliphatic rings. The molecule has 0 spiro atoms. The first-order chi connectivity index (χ1) is 17.2. The van der Waals surface area contributed by atoms with Crippen molar-refractivity contribution < 1.29 is 9.47 Å². The van der Waals surface area contributed by atoms with Crippen molar-refractivity contribution in [2.45, 2.75) is 39.2 Å². The molecule has 1 aliphatic carbocycles. The summed E-state index contributed by atoms with van der Waals surface area (Å²) < 4.78 is 13.1. The number of fused-ring (bicyclic) bond motifs is 2. The van der Waals surface area contributed by atoms with E-state index in [4.69, 9.17) is 14.5 Å². The number of hydrogen-bond acceptors (Lipinski definition) is 5. The summed E-state index contributed by atoms with van der Waals surface area (Å²) in [6.07, 6.45) is 6.21. The van der Waals surface area contributed by atoms with E-state index in [-0.39, 0.29) is 0 Å². The minimum Gasteiger partial charge on any atom is -0.490 e. The van der Waals surface area contributed by atoms with Gasteiger partial charge in [0.1, 0.15) is 17.7 Å². The summed E-state index contributed by atoms with van der Waals surface area (Å²) in [5, 5.41) is 12.9. The average Bonchev–Trinajstić information content (AvgIpc) is 3.24. The van der Waals surface area contributed by atoms with E-state index in [0.29, 0.717) is 19.0 Å². The second kappa shape index (κ2) is 10.8. The van der Waals surface area contributed by atoms with Gasteiger partial charge in [0.05, 0.1) is 15.7 Å². The summed E-state index contributed by atoms with van der Waals surface area (Å²) in [5.74, 6) is 1.44. The fourth-order valence-corrected chi connectivity index (χ4v) is 6.40. The van der Waals surface area contributed by atoms with Crippen LogP contribution in [0.2, 0.25) is 0 Å². The standard InChI is InChI=1S/C29H25IN2O2S/c1-2-33-26-15-20(17-32-29-24(16-31)23-9-5-6-10-27(23)35-29)14-25(30)28(26)34-18-19-11-12-21-7-3-4-8-22(21)13-19/h3-4,7-8,11-15,17H,2,5-6,9-10,18H2,1H3. The molecule has 176 valence electrons. The Kier molecular flexibility index (Phi) is 7.35. The highest BCUT2D eigenvalue weighted by Crippen LogP contribution is 2.40. The first kappa shape index (κ1) is 23.8. The molecule has 0 atom stereocenters. The third kappa shape index (κ3) is 5.21. The Morgan fingerprint density at radius 1 is 1.06 bits per heavy atom. The van der Waals surface area contributed by atoms with Crippen molar-refractivity contribution in [3.8, 4) is 17.6 Å². The Bertz CT molecular complexity index is 1450. The second-order valence-corrected chi connectivity index (χ2v) is 10.7. The fraction of sp³-hybridized carbons (Fsp3) is 0.241. The molecule has 5 rings (SSSR count). The van der Waals surface area contributed by atoms with Crippen molar-refractivity contribution in [2.24, 2.45) is 4.99 Å². The number of aryl methyl sites for hydroxylation is 1. The highest BCUT2D eigenvalue weighted by atomic mass is 127. The molecule has 0 unspecified atom stereocenters. The molecule has 0 N–H and O–H groups in total. The topological polar surface area (TPSA) is 54.6 Å². The predicted molar refractivity (Wildman–Crippen MR) is 152 cm³/mol. The molecule has 1 aromatic heterocycles. The number of benzene rings is 3. The maximum atomic E-state index is 9.71. The van der Waals surface area contributed by atoms with Crippen molar-refractivity contribution in [1.82, 2.24) is 0 Å². The van der Waals surface area contributed by atoms with Gasteiger partial charge in [-0.3, -0.25) is 0 Å². The Balaban J connectivity index is 1.39. The number of rotatable bonds is 7. The lowest BCUT2D eigenvalue weighted by atomic mass is 9.96. The molecule has 6 heteroatoms. The van der Waals surface area contributed by atoms with Crippen LogP contribution in [0.15, 0.2) is 59.6 Å². The quantitative estimate of drug-likeness (QED) is 0.162. The predicted octanol–water partition coefficient (Wildman–Crippen LogP) is 7.98. The molecule has 35 heavy (non-hydrogen) atoms. The van der Waals surface area contributed by atoms with Crippen molar-refractivity contribution >= 4 is 55.9 Å². The minimum atomic E-state index is 0.459. The maximum absolute atomic E-state index is 9.71. The number of nitriles is 1. The average molecular weight is 593 g/mol. The SMILES string of the molecule is CCOc1cc(C=Nc2sc3c(c2C#N)CCCC3)cc(I)c1OCc1ccc2ccccc2c1. The van der Waals surface area contributed by atoms with Gasteiger partial charge in [0, 0.05) is 11.1 Å². The van der Waals surface area contributed by atoms with Gasteiger partial charge in [0.25, 0.3) is 0 Å². The van der Waals surface area contributed by atoms with Gasteiger partial charge >= 0.3 is 0 Å². The lowest BCUT2D eigenvalue weighted by Gasteiger charge is -2.15. The molecule has 0 saturated heterocycles. The zero-order valence-electron chi connectivity index (χ0n) is 19.5. The van der Waals surface area contributed by atoms with Gasteiger partial charge in [0.2, 0.25) is 0 Å². The maximum Gasteiger partial charge on any atom is 0.175 e. The van der Waals surface area contributed by atoms with E-state index in [1.807, 2.05) is 37.4 Å². The second-order valence-electron chi connectivity index (χ2n) is 8.49. The molecule has 0 amide bonds. The molecular weight excluding hydrogens is 567 g/mol. The van der Waals surface area contributed by atoms with Crippen molar-refractivity contribution in [2.75, 3.05) is 6.61 Å². The Morgan fingerprint density at radius 2 is 1.89 bits per heavy atom. The van der Waals surface area contributed by atoms with E-state index in [1.165, 1.54) is 27.6 Å². The van der Waals surface area contributed by atoms with Gasteiger partial charge < -0.3 is 9.47 Å². The van der Waals surface area contributed by atoms with Crippen LogP contribution in [0.25, 0.3) is 10.8 Å². The fourth-order valence-electron chi connectivity index (χ4n) is 4.44. The monoisotopic (exact) mass is 592 g/mol. The summed E-state index contributed by atoms with van der Waals surface area (Å²) in [5.41, 5.74) is 3.98. The van der Waals surface area contributed by atoms with Gasteiger partial charge in [-0.05, 0) is 101 Å². The van der Waals surface area contributed by atoms with E-state index in [1.54, 1.807) is 11.3 Å². The van der Waals surface area contributed by atoms with Gasteiger partial charge in [0.15, 0.2) is 11.5 Å². The van der Waals surface area contributed by atoms with Crippen molar-refractivity contribution in [3.63, 3.8) is 0 Å². The van der Waals surface area contributed by atoms with Crippen LogP contribution in [-0.4, -0.2) is 12.8 Å². The number of nitrogens with zero attached hydrogens (tertiary/aromatic N) is 2. The largest absolute Gasteiger partial charge is 0.490 e. The molecule has 3 aromatic carbocycles. The normalized spacial score (nSPS) is 13.1. The molecule has 0 saturated carbocycles. The van der Waals surface area contributed by atoms with E-state index in [9.17, 15) is 5.26 Å². The minimum absolute atomic E-state index is 0.459. The van der Waals surface area contributed by atoms with Crippen molar-refractivity contribution in [1.29, 1.82) is 5.26 Å². The number of aliphatic imine (C=N–C) groups is 1.